The first-order valence-electron chi connectivity index (χ1n) is 7.46. The highest BCUT2D eigenvalue weighted by Gasteiger charge is 2.19. The Kier molecular flexibility index (Phi) is 3.75. The van der Waals surface area contributed by atoms with Gasteiger partial charge in [0.05, 0.1) is 0 Å². The van der Waals surface area contributed by atoms with E-state index in [9.17, 15) is 0 Å². The molecule has 0 unspecified atom stereocenters. The fraction of sp³-hybridized carbons (Fsp3) is 0.333. The summed E-state index contributed by atoms with van der Waals surface area (Å²) in [7, 11) is 0. The molecule has 0 spiro atoms. The van der Waals surface area contributed by atoms with E-state index in [2.05, 4.69) is 66.5 Å². The van der Waals surface area contributed by atoms with Gasteiger partial charge in [-0.15, -0.1) is 0 Å². The lowest BCUT2D eigenvalue weighted by Gasteiger charge is -2.28. The van der Waals surface area contributed by atoms with Gasteiger partial charge in [-0.25, -0.2) is 0 Å². The smallest absolute Gasteiger partial charge is 0.0473 e. The van der Waals surface area contributed by atoms with Crippen molar-refractivity contribution in [2.75, 3.05) is 18.0 Å². The van der Waals surface area contributed by atoms with Crippen LogP contribution >= 0.6 is 0 Å². The van der Waals surface area contributed by atoms with Crippen LogP contribution in [0.2, 0.25) is 0 Å². The van der Waals surface area contributed by atoms with Crippen LogP contribution in [-0.4, -0.2) is 13.1 Å². The molecule has 104 valence electrons. The molecule has 20 heavy (non-hydrogen) atoms. The van der Waals surface area contributed by atoms with Crippen LogP contribution in [-0.2, 0) is 13.0 Å². The average Bonchev–Trinajstić information content (AvgIpc) is 2.69. The van der Waals surface area contributed by atoms with Crippen molar-refractivity contribution in [2.24, 2.45) is 0 Å². The molecule has 0 amide bonds. The Bertz CT molecular complexity index is 604. The lowest BCUT2D eigenvalue weighted by atomic mass is 10.0. The molecule has 0 bridgehead atoms. The topological polar surface area (TPSA) is 15.3 Å². The lowest BCUT2D eigenvalue weighted by Crippen LogP contribution is -2.26. The summed E-state index contributed by atoms with van der Waals surface area (Å²) in [5.74, 6) is 0. The Morgan fingerprint density at radius 1 is 1.10 bits per heavy atom. The van der Waals surface area contributed by atoms with Crippen LogP contribution in [0.5, 0.6) is 0 Å². The van der Waals surface area contributed by atoms with Gasteiger partial charge in [-0.2, -0.15) is 0 Å². The molecule has 1 aliphatic rings. The first kappa shape index (κ1) is 13.2. The van der Waals surface area contributed by atoms with E-state index in [0.29, 0.717) is 0 Å². The van der Waals surface area contributed by atoms with Gasteiger partial charge < -0.3 is 10.2 Å². The second-order valence-electron chi connectivity index (χ2n) is 5.39. The van der Waals surface area contributed by atoms with E-state index in [-0.39, 0.29) is 0 Å². The van der Waals surface area contributed by atoms with Crippen molar-refractivity contribution in [3.63, 3.8) is 0 Å². The van der Waals surface area contributed by atoms with Crippen molar-refractivity contribution < 1.29 is 0 Å². The fourth-order valence-electron chi connectivity index (χ4n) is 3.08. The molecule has 0 saturated heterocycles. The molecule has 0 aliphatic carbocycles. The van der Waals surface area contributed by atoms with Gasteiger partial charge in [0.1, 0.15) is 0 Å². The number of hydrogen-bond donors (Lipinski definition) is 1. The van der Waals surface area contributed by atoms with Gasteiger partial charge in [0.2, 0.25) is 0 Å². The number of hydrogen-bond acceptors (Lipinski definition) is 2. The summed E-state index contributed by atoms with van der Waals surface area (Å²) in [6.45, 7) is 7.46. The highest BCUT2D eigenvalue weighted by atomic mass is 15.2. The Hall–Kier alpha value is -1.80. The van der Waals surface area contributed by atoms with Gasteiger partial charge in [-0.1, -0.05) is 43.3 Å². The fourth-order valence-corrected chi connectivity index (χ4v) is 3.08. The molecule has 2 heteroatoms. The Morgan fingerprint density at radius 2 is 1.95 bits per heavy atom. The number of para-hydroxylation sites is 2. The molecular formula is C18H22N2. The Balaban J connectivity index is 2.15. The monoisotopic (exact) mass is 266 g/mol. The highest BCUT2D eigenvalue weighted by Crippen LogP contribution is 2.34. The number of anilines is 2. The maximum absolute atomic E-state index is 3.52. The molecule has 0 radical (unpaired) electrons. The van der Waals surface area contributed by atoms with Crippen molar-refractivity contribution >= 4 is 11.4 Å². The van der Waals surface area contributed by atoms with E-state index in [0.717, 1.165) is 26.1 Å². The summed E-state index contributed by atoms with van der Waals surface area (Å²) in [6, 6.07) is 15.4. The second-order valence-corrected chi connectivity index (χ2v) is 5.39. The van der Waals surface area contributed by atoms with Crippen LogP contribution in [0.3, 0.4) is 0 Å². The van der Waals surface area contributed by atoms with Gasteiger partial charge in [0.15, 0.2) is 0 Å². The summed E-state index contributed by atoms with van der Waals surface area (Å²) in [6.07, 6.45) is 1.07. The van der Waals surface area contributed by atoms with Crippen LogP contribution < -0.4 is 10.2 Å². The van der Waals surface area contributed by atoms with Gasteiger partial charge in [-0.3, -0.25) is 0 Å². The molecular weight excluding hydrogens is 244 g/mol. The third-order valence-electron chi connectivity index (χ3n) is 4.08. The third-order valence-corrected chi connectivity index (χ3v) is 4.08. The van der Waals surface area contributed by atoms with Crippen LogP contribution in [0.1, 0.15) is 23.6 Å². The second kappa shape index (κ2) is 5.68. The molecule has 0 atom stereocenters. The molecule has 2 aromatic rings. The molecule has 0 saturated carbocycles. The molecule has 1 aliphatic heterocycles. The van der Waals surface area contributed by atoms with Crippen LogP contribution in [0, 0.1) is 6.92 Å². The van der Waals surface area contributed by atoms with Crippen LogP contribution in [0.15, 0.2) is 42.5 Å². The number of aryl methyl sites for hydroxylation is 2. The summed E-state index contributed by atoms with van der Waals surface area (Å²) in [5, 5.41) is 3.52. The number of rotatable bonds is 2. The van der Waals surface area contributed by atoms with E-state index < -0.39 is 0 Å². The molecule has 2 aromatic carbocycles. The van der Waals surface area contributed by atoms with Crippen molar-refractivity contribution in [2.45, 2.75) is 26.8 Å². The predicted octanol–water partition coefficient (Wildman–Crippen LogP) is 3.80. The van der Waals surface area contributed by atoms with Gasteiger partial charge in [-0.05, 0) is 36.1 Å². The molecule has 1 N–H and O–H groups in total. The maximum atomic E-state index is 3.52. The van der Waals surface area contributed by atoms with Gasteiger partial charge in [0.25, 0.3) is 0 Å². The zero-order valence-electron chi connectivity index (χ0n) is 12.3. The minimum atomic E-state index is 0.958. The molecule has 0 fully saturated rings. The van der Waals surface area contributed by atoms with E-state index in [1.807, 2.05) is 0 Å². The number of nitrogens with zero attached hydrogens (tertiary/aromatic N) is 1. The number of fused-ring (bicyclic) bond motifs is 1. The standard InChI is InChI=1S/C18H22N2/c1-3-15-9-6-7-14(2)18(15)20-12-11-19-13-16-8-4-5-10-17(16)20/h4-10,19H,3,11-13H2,1-2H3. The Morgan fingerprint density at radius 3 is 2.80 bits per heavy atom. The molecule has 3 rings (SSSR count). The van der Waals surface area contributed by atoms with Crippen molar-refractivity contribution in [3.05, 3.63) is 59.2 Å². The summed E-state index contributed by atoms with van der Waals surface area (Å²) >= 11 is 0. The first-order chi connectivity index (χ1) is 9.81. The quantitative estimate of drug-likeness (QED) is 0.889. The van der Waals surface area contributed by atoms with E-state index in [1.165, 1.54) is 28.1 Å². The maximum Gasteiger partial charge on any atom is 0.0473 e. The van der Waals surface area contributed by atoms with E-state index in [1.54, 1.807) is 0 Å². The molecule has 1 heterocycles. The normalized spacial score (nSPS) is 14.8. The number of benzene rings is 2. The predicted molar refractivity (Wildman–Crippen MR) is 85.7 cm³/mol. The Labute approximate surface area is 121 Å². The van der Waals surface area contributed by atoms with Crippen LogP contribution in [0.25, 0.3) is 0 Å². The minimum absolute atomic E-state index is 0.958. The average molecular weight is 266 g/mol. The van der Waals surface area contributed by atoms with Crippen molar-refractivity contribution in [1.29, 1.82) is 0 Å². The lowest BCUT2D eigenvalue weighted by molar-refractivity contribution is 0.711. The molecule has 2 nitrogen and oxygen atoms in total. The zero-order chi connectivity index (χ0) is 13.9. The van der Waals surface area contributed by atoms with Gasteiger partial charge in [0, 0.05) is 31.0 Å². The summed E-state index contributed by atoms with van der Waals surface area (Å²) in [4.78, 5) is 2.49. The minimum Gasteiger partial charge on any atom is -0.339 e. The third kappa shape index (κ3) is 2.32. The summed E-state index contributed by atoms with van der Waals surface area (Å²) in [5.41, 5.74) is 6.92. The zero-order valence-corrected chi connectivity index (χ0v) is 12.3. The first-order valence-corrected chi connectivity index (χ1v) is 7.46. The largest absolute Gasteiger partial charge is 0.339 e. The van der Waals surface area contributed by atoms with Crippen molar-refractivity contribution in [3.8, 4) is 0 Å². The van der Waals surface area contributed by atoms with Gasteiger partial charge >= 0.3 is 0 Å². The summed E-state index contributed by atoms with van der Waals surface area (Å²) < 4.78 is 0. The van der Waals surface area contributed by atoms with Crippen molar-refractivity contribution in [1.82, 2.24) is 5.32 Å². The van der Waals surface area contributed by atoms with E-state index >= 15 is 0 Å². The molecule has 0 aromatic heterocycles. The highest BCUT2D eigenvalue weighted by molar-refractivity contribution is 5.72. The van der Waals surface area contributed by atoms with E-state index in [4.69, 9.17) is 0 Å². The SMILES string of the molecule is CCc1cccc(C)c1N1CCNCc2ccccc21. The van der Waals surface area contributed by atoms with Crippen LogP contribution in [0.4, 0.5) is 11.4 Å². The number of nitrogens with one attached hydrogen (secondary N) is 1.